The van der Waals surface area contributed by atoms with Crippen molar-refractivity contribution in [3.8, 4) is 0 Å². The molecular weight excluding hydrogens is 296 g/mol. The second-order valence-corrected chi connectivity index (χ2v) is 5.53. The third kappa shape index (κ3) is 5.21. The van der Waals surface area contributed by atoms with Crippen LogP contribution in [0.3, 0.4) is 0 Å². The van der Waals surface area contributed by atoms with Crippen LogP contribution in [0, 0.1) is 5.92 Å². The van der Waals surface area contributed by atoms with Gasteiger partial charge in [-0.1, -0.05) is 19.0 Å². The molecule has 2 aromatic rings. The smallest absolute Gasteiger partial charge is 0.289 e. The summed E-state index contributed by atoms with van der Waals surface area (Å²) < 4.78 is 5.02. The molecule has 23 heavy (non-hydrogen) atoms. The van der Waals surface area contributed by atoms with Crippen molar-refractivity contribution in [3.63, 3.8) is 0 Å². The maximum atomic E-state index is 11.9. The molecule has 0 spiro atoms. The summed E-state index contributed by atoms with van der Waals surface area (Å²) in [6.07, 6.45) is 3.85. The number of rotatable bonds is 7. The van der Waals surface area contributed by atoms with Crippen LogP contribution in [-0.2, 0) is 6.42 Å². The van der Waals surface area contributed by atoms with Crippen molar-refractivity contribution in [1.29, 1.82) is 0 Å². The molecule has 0 unspecified atom stereocenters. The Hall–Kier alpha value is -2.70. The molecule has 0 radical (unpaired) electrons. The van der Waals surface area contributed by atoms with Gasteiger partial charge in [0.2, 0.25) is 5.76 Å². The van der Waals surface area contributed by atoms with Crippen LogP contribution in [0.5, 0.6) is 0 Å². The minimum Gasteiger partial charge on any atom is -0.351 e. The van der Waals surface area contributed by atoms with Gasteiger partial charge in [-0.3, -0.25) is 14.6 Å². The number of carbonyl (C=O) groups is 2. The molecule has 7 heteroatoms. The van der Waals surface area contributed by atoms with Crippen molar-refractivity contribution in [3.05, 3.63) is 47.6 Å². The zero-order valence-electron chi connectivity index (χ0n) is 13.2. The van der Waals surface area contributed by atoms with Gasteiger partial charge in [0.25, 0.3) is 11.8 Å². The first-order valence-electron chi connectivity index (χ1n) is 7.48. The van der Waals surface area contributed by atoms with Crippen LogP contribution < -0.4 is 10.6 Å². The van der Waals surface area contributed by atoms with Gasteiger partial charge in [-0.05, 0) is 24.5 Å². The Labute approximate surface area is 134 Å². The summed E-state index contributed by atoms with van der Waals surface area (Å²) in [5.74, 6) is 0.0484. The largest absolute Gasteiger partial charge is 0.351 e. The molecule has 2 amide bonds. The first-order chi connectivity index (χ1) is 11.1. The third-order valence-electron chi connectivity index (χ3n) is 3.02. The molecule has 2 heterocycles. The van der Waals surface area contributed by atoms with Crippen molar-refractivity contribution in [2.75, 3.05) is 13.1 Å². The highest BCUT2D eigenvalue weighted by molar-refractivity contribution is 5.94. The van der Waals surface area contributed by atoms with Crippen molar-refractivity contribution in [1.82, 2.24) is 20.8 Å². The summed E-state index contributed by atoms with van der Waals surface area (Å²) in [4.78, 5) is 27.5. The van der Waals surface area contributed by atoms with Crippen LogP contribution in [0.25, 0.3) is 0 Å². The molecule has 2 aromatic heterocycles. The van der Waals surface area contributed by atoms with Crippen LogP contribution in [0.1, 0.15) is 40.5 Å². The lowest BCUT2D eigenvalue weighted by Crippen LogP contribution is -2.34. The molecular formula is C16H20N4O3. The molecule has 7 nitrogen and oxygen atoms in total. The number of amides is 2. The highest BCUT2D eigenvalue weighted by Crippen LogP contribution is 2.08. The second-order valence-electron chi connectivity index (χ2n) is 5.53. The Kier molecular flexibility index (Phi) is 5.85. The molecule has 0 aliphatic carbocycles. The topological polar surface area (TPSA) is 97.1 Å². The number of aromatic nitrogens is 2. The van der Waals surface area contributed by atoms with E-state index in [1.165, 1.54) is 6.20 Å². The molecule has 0 fully saturated rings. The van der Waals surface area contributed by atoms with Gasteiger partial charge in [0.05, 0.1) is 11.3 Å². The van der Waals surface area contributed by atoms with Gasteiger partial charge in [-0.15, -0.1) is 0 Å². The third-order valence-corrected chi connectivity index (χ3v) is 3.02. The second kappa shape index (κ2) is 8.07. The number of carbonyl (C=O) groups excluding carboxylic acids is 2. The molecule has 0 saturated carbocycles. The predicted octanol–water partition coefficient (Wildman–Crippen LogP) is 1.43. The van der Waals surface area contributed by atoms with Crippen molar-refractivity contribution < 1.29 is 14.1 Å². The highest BCUT2D eigenvalue weighted by Gasteiger charge is 2.13. The van der Waals surface area contributed by atoms with Crippen molar-refractivity contribution in [2.45, 2.75) is 20.3 Å². The Morgan fingerprint density at radius 3 is 2.61 bits per heavy atom. The van der Waals surface area contributed by atoms with Gasteiger partial charge >= 0.3 is 0 Å². The lowest BCUT2D eigenvalue weighted by molar-refractivity contribution is 0.0903. The summed E-state index contributed by atoms with van der Waals surface area (Å²) >= 11 is 0. The fourth-order valence-electron chi connectivity index (χ4n) is 1.97. The molecule has 2 N–H and O–H groups in total. The minimum atomic E-state index is -0.344. The Morgan fingerprint density at radius 1 is 1.22 bits per heavy atom. The van der Waals surface area contributed by atoms with Gasteiger partial charge in [-0.25, -0.2) is 0 Å². The first kappa shape index (κ1) is 16.7. The zero-order chi connectivity index (χ0) is 16.7. The van der Waals surface area contributed by atoms with Gasteiger partial charge in [-0.2, -0.15) is 0 Å². The average Bonchev–Trinajstić information content (AvgIpc) is 2.99. The van der Waals surface area contributed by atoms with Crippen molar-refractivity contribution in [2.24, 2.45) is 5.92 Å². The van der Waals surface area contributed by atoms with E-state index in [0.717, 1.165) is 12.1 Å². The number of nitrogens with zero attached hydrogens (tertiary/aromatic N) is 2. The van der Waals surface area contributed by atoms with Gasteiger partial charge in [0.15, 0.2) is 0 Å². The van der Waals surface area contributed by atoms with E-state index in [2.05, 4.69) is 34.6 Å². The zero-order valence-corrected chi connectivity index (χ0v) is 13.2. The first-order valence-corrected chi connectivity index (χ1v) is 7.48. The van der Waals surface area contributed by atoms with Crippen LogP contribution in [0.15, 0.2) is 35.1 Å². The highest BCUT2D eigenvalue weighted by atomic mass is 16.5. The van der Waals surface area contributed by atoms with E-state index in [9.17, 15) is 9.59 Å². The number of hydrogen-bond acceptors (Lipinski definition) is 5. The summed E-state index contributed by atoms with van der Waals surface area (Å²) in [6, 6.07) is 5.00. The normalized spacial score (nSPS) is 10.6. The molecule has 0 atom stereocenters. The summed E-state index contributed by atoms with van der Waals surface area (Å²) in [6.45, 7) is 4.75. The molecule has 0 aliphatic heterocycles. The molecule has 0 aliphatic rings. The van der Waals surface area contributed by atoms with Crippen LogP contribution in [0.2, 0.25) is 0 Å². The SMILES string of the molecule is CC(C)Cc1cc(C(=O)NCCNC(=O)c2cccnc2)on1. The quantitative estimate of drug-likeness (QED) is 0.753. The fraction of sp³-hybridized carbons (Fsp3) is 0.375. The number of nitrogens with one attached hydrogen (secondary N) is 2. The maximum absolute atomic E-state index is 11.9. The van der Waals surface area contributed by atoms with Crippen LogP contribution in [-0.4, -0.2) is 35.0 Å². The van der Waals surface area contributed by atoms with Crippen molar-refractivity contribution >= 4 is 11.8 Å². The Balaban J connectivity index is 1.72. The maximum Gasteiger partial charge on any atom is 0.289 e. The van der Waals surface area contributed by atoms with E-state index >= 15 is 0 Å². The molecule has 0 bridgehead atoms. The number of hydrogen-bond donors (Lipinski definition) is 2. The van der Waals surface area contributed by atoms with Crippen LogP contribution in [0.4, 0.5) is 0 Å². The summed E-state index contributed by atoms with van der Waals surface area (Å²) in [5.41, 5.74) is 1.24. The van der Waals surface area contributed by atoms with Gasteiger partial charge < -0.3 is 15.2 Å². The molecule has 2 rings (SSSR count). The molecule has 0 aromatic carbocycles. The Morgan fingerprint density at radius 2 is 1.96 bits per heavy atom. The van der Waals surface area contributed by atoms with E-state index in [-0.39, 0.29) is 17.6 Å². The predicted molar refractivity (Wildman–Crippen MR) is 83.9 cm³/mol. The van der Waals surface area contributed by atoms with E-state index in [1.807, 2.05) is 0 Å². The molecule has 122 valence electrons. The lowest BCUT2D eigenvalue weighted by Gasteiger charge is -2.05. The summed E-state index contributed by atoms with van der Waals surface area (Å²) in [7, 11) is 0. The van der Waals surface area contributed by atoms with Crippen LogP contribution >= 0.6 is 0 Å². The molecule has 0 saturated heterocycles. The average molecular weight is 316 g/mol. The number of pyridine rings is 1. The van der Waals surface area contributed by atoms with Gasteiger partial charge in [0.1, 0.15) is 0 Å². The van der Waals surface area contributed by atoms with E-state index in [0.29, 0.717) is 24.6 Å². The monoisotopic (exact) mass is 316 g/mol. The lowest BCUT2D eigenvalue weighted by atomic mass is 10.1. The standard InChI is InChI=1S/C16H20N4O3/c1-11(2)8-13-9-14(23-20-13)16(22)19-7-6-18-15(21)12-4-3-5-17-10-12/h3-5,9-11H,6-8H2,1-2H3,(H,18,21)(H,19,22). The fourth-order valence-corrected chi connectivity index (χ4v) is 1.97. The van der Waals surface area contributed by atoms with E-state index in [4.69, 9.17) is 4.52 Å². The summed E-state index contributed by atoms with van der Waals surface area (Å²) in [5, 5.41) is 9.23. The minimum absolute atomic E-state index is 0.180. The van der Waals surface area contributed by atoms with E-state index in [1.54, 1.807) is 24.4 Å². The van der Waals surface area contributed by atoms with E-state index < -0.39 is 0 Å². The Bertz CT molecular complexity index is 652. The van der Waals surface area contributed by atoms with Gasteiger partial charge in [0, 0.05) is 31.5 Å².